The van der Waals surface area contributed by atoms with Gasteiger partial charge in [0.15, 0.2) is 0 Å². The van der Waals surface area contributed by atoms with Crippen molar-refractivity contribution in [3.05, 3.63) is 29.8 Å². The van der Waals surface area contributed by atoms with Crippen LogP contribution in [0.3, 0.4) is 0 Å². The topological polar surface area (TPSA) is 70.2 Å². The Bertz CT molecular complexity index is 831. The van der Waals surface area contributed by atoms with Crippen LogP contribution in [0.1, 0.15) is 55.3 Å². The summed E-state index contributed by atoms with van der Waals surface area (Å²) in [4.78, 5) is 17.9. The van der Waals surface area contributed by atoms with E-state index in [0.717, 1.165) is 38.8 Å². The molecule has 0 atom stereocenters. The van der Waals surface area contributed by atoms with Crippen molar-refractivity contribution in [2.24, 2.45) is 0 Å². The van der Waals surface area contributed by atoms with Gasteiger partial charge in [0.2, 0.25) is 10.0 Å². The number of hydrogen-bond donors (Lipinski definition) is 0. The molecular formula is C23H35N3O4S. The Labute approximate surface area is 186 Å². The highest BCUT2D eigenvalue weighted by atomic mass is 32.2. The van der Waals surface area contributed by atoms with Crippen molar-refractivity contribution < 1.29 is 17.9 Å². The molecule has 8 heteroatoms. The van der Waals surface area contributed by atoms with E-state index in [2.05, 4.69) is 4.90 Å². The zero-order valence-corrected chi connectivity index (χ0v) is 19.2. The van der Waals surface area contributed by atoms with Crippen LogP contribution in [0, 0.1) is 0 Å². The third kappa shape index (κ3) is 5.59. The number of carbonyl (C=O) groups is 1. The lowest BCUT2D eigenvalue weighted by Gasteiger charge is -2.35. The van der Waals surface area contributed by atoms with Crippen LogP contribution in [0.15, 0.2) is 24.3 Å². The van der Waals surface area contributed by atoms with E-state index in [9.17, 15) is 13.2 Å². The first kappa shape index (κ1) is 22.6. The van der Waals surface area contributed by atoms with E-state index in [-0.39, 0.29) is 17.7 Å². The molecule has 3 saturated heterocycles. The van der Waals surface area contributed by atoms with Crippen LogP contribution in [0.4, 0.5) is 5.69 Å². The Balaban J connectivity index is 1.44. The van der Waals surface area contributed by atoms with Gasteiger partial charge in [-0.05, 0) is 88.8 Å². The summed E-state index contributed by atoms with van der Waals surface area (Å²) in [5, 5.41) is 0. The fourth-order valence-corrected chi connectivity index (χ4v) is 6.57. The second-order valence-corrected chi connectivity index (χ2v) is 10.9. The van der Waals surface area contributed by atoms with Gasteiger partial charge in [0.25, 0.3) is 5.91 Å². The molecule has 31 heavy (non-hydrogen) atoms. The van der Waals surface area contributed by atoms with E-state index >= 15 is 0 Å². The van der Waals surface area contributed by atoms with Crippen molar-refractivity contribution in [1.82, 2.24) is 9.80 Å². The third-order valence-corrected chi connectivity index (χ3v) is 8.59. The number of likely N-dealkylation sites (tertiary alicyclic amines) is 1. The molecule has 0 N–H and O–H groups in total. The fraction of sp³-hybridized carbons (Fsp3) is 0.696. The Morgan fingerprint density at radius 2 is 1.68 bits per heavy atom. The predicted octanol–water partition coefficient (Wildman–Crippen LogP) is 2.72. The Hall–Kier alpha value is -1.64. The fourth-order valence-electron chi connectivity index (χ4n) is 4.93. The maximum Gasteiger partial charge on any atom is 0.254 e. The second kappa shape index (κ2) is 10.3. The van der Waals surface area contributed by atoms with Crippen molar-refractivity contribution >= 4 is 21.6 Å². The summed E-state index contributed by atoms with van der Waals surface area (Å²) in [5.74, 6) is 0.240. The minimum atomic E-state index is -3.24. The first-order valence-corrected chi connectivity index (χ1v) is 13.4. The van der Waals surface area contributed by atoms with E-state index in [1.54, 1.807) is 24.3 Å². The molecule has 0 radical (unpaired) electrons. The van der Waals surface area contributed by atoms with Crippen LogP contribution in [-0.4, -0.2) is 81.9 Å². The Morgan fingerprint density at radius 1 is 1.00 bits per heavy atom. The first-order chi connectivity index (χ1) is 15.0. The lowest BCUT2D eigenvalue weighted by Crippen LogP contribution is -2.44. The van der Waals surface area contributed by atoms with Gasteiger partial charge in [-0.25, -0.2) is 8.42 Å². The highest BCUT2D eigenvalue weighted by Gasteiger charge is 2.28. The van der Waals surface area contributed by atoms with Gasteiger partial charge >= 0.3 is 0 Å². The van der Waals surface area contributed by atoms with Gasteiger partial charge < -0.3 is 14.5 Å². The Morgan fingerprint density at radius 3 is 2.35 bits per heavy atom. The lowest BCUT2D eigenvalue weighted by atomic mass is 10.0. The van der Waals surface area contributed by atoms with Crippen LogP contribution in [0.25, 0.3) is 0 Å². The molecule has 0 aliphatic carbocycles. The molecule has 3 aliphatic rings. The zero-order chi connectivity index (χ0) is 21.7. The summed E-state index contributed by atoms with van der Waals surface area (Å²) in [6.07, 6.45) is 6.87. The number of rotatable bonds is 7. The lowest BCUT2D eigenvalue weighted by molar-refractivity contribution is 0.0281. The average molecular weight is 450 g/mol. The van der Waals surface area contributed by atoms with Crippen molar-refractivity contribution in [1.29, 1.82) is 0 Å². The van der Waals surface area contributed by atoms with Crippen molar-refractivity contribution in [2.45, 2.75) is 51.0 Å². The van der Waals surface area contributed by atoms with E-state index in [0.29, 0.717) is 37.4 Å². The molecule has 0 spiro atoms. The molecule has 0 bridgehead atoms. The molecule has 1 aromatic rings. The Kier molecular flexibility index (Phi) is 7.51. The number of ether oxygens (including phenoxy) is 1. The summed E-state index contributed by atoms with van der Waals surface area (Å²) < 4.78 is 31.8. The highest BCUT2D eigenvalue weighted by molar-refractivity contribution is 7.92. The minimum absolute atomic E-state index is 0.0429. The summed E-state index contributed by atoms with van der Waals surface area (Å²) in [6, 6.07) is 7.34. The van der Waals surface area contributed by atoms with Gasteiger partial charge in [0.1, 0.15) is 0 Å². The summed E-state index contributed by atoms with van der Waals surface area (Å²) in [7, 11) is -3.24. The molecule has 3 heterocycles. The maximum absolute atomic E-state index is 13.4. The van der Waals surface area contributed by atoms with Crippen LogP contribution in [0.5, 0.6) is 0 Å². The highest BCUT2D eigenvalue weighted by Crippen LogP contribution is 2.25. The number of amides is 1. The SMILES string of the molecule is O=C(c1ccc(N2CCCCS2(=O)=O)cc1)N(CCCN1CCCC1)C1CCOCC1. The van der Waals surface area contributed by atoms with Gasteiger partial charge in [-0.1, -0.05) is 0 Å². The van der Waals surface area contributed by atoms with Crippen molar-refractivity contribution in [3.8, 4) is 0 Å². The van der Waals surface area contributed by atoms with Crippen LogP contribution in [0.2, 0.25) is 0 Å². The molecule has 0 unspecified atom stereocenters. The quantitative estimate of drug-likeness (QED) is 0.640. The molecule has 7 nitrogen and oxygen atoms in total. The normalized spacial score (nSPS) is 22.5. The summed E-state index contributed by atoms with van der Waals surface area (Å²) >= 11 is 0. The number of sulfonamides is 1. The molecule has 1 aromatic carbocycles. The van der Waals surface area contributed by atoms with Crippen molar-refractivity contribution in [3.63, 3.8) is 0 Å². The van der Waals surface area contributed by atoms with E-state index in [1.807, 2.05) is 4.90 Å². The first-order valence-electron chi connectivity index (χ1n) is 11.8. The van der Waals surface area contributed by atoms with E-state index in [4.69, 9.17) is 4.74 Å². The number of nitrogens with zero attached hydrogens (tertiary/aromatic N) is 3. The predicted molar refractivity (Wildman–Crippen MR) is 122 cm³/mol. The molecule has 1 amide bonds. The summed E-state index contributed by atoms with van der Waals surface area (Å²) in [6.45, 7) is 6.05. The van der Waals surface area contributed by atoms with E-state index < -0.39 is 10.0 Å². The zero-order valence-electron chi connectivity index (χ0n) is 18.4. The van der Waals surface area contributed by atoms with Crippen LogP contribution < -0.4 is 4.31 Å². The molecular weight excluding hydrogens is 414 g/mol. The molecule has 3 aliphatic heterocycles. The number of benzene rings is 1. The monoisotopic (exact) mass is 449 g/mol. The van der Waals surface area contributed by atoms with Crippen LogP contribution >= 0.6 is 0 Å². The van der Waals surface area contributed by atoms with Gasteiger partial charge in [0, 0.05) is 37.9 Å². The standard InChI is InChI=1S/C23H35N3O4S/c27-23(20-6-8-22(9-7-20)26-16-3-4-19-31(26,28)29)25(21-10-17-30-18-11-21)15-5-14-24-12-1-2-13-24/h6-9,21H,1-5,10-19H2. The van der Waals surface area contributed by atoms with Crippen LogP contribution in [-0.2, 0) is 14.8 Å². The molecule has 172 valence electrons. The van der Waals surface area contributed by atoms with Gasteiger partial charge in [0.05, 0.1) is 11.4 Å². The maximum atomic E-state index is 13.4. The molecule has 0 aromatic heterocycles. The average Bonchev–Trinajstić information content (AvgIpc) is 3.30. The molecule has 0 saturated carbocycles. The summed E-state index contributed by atoms with van der Waals surface area (Å²) in [5.41, 5.74) is 1.29. The smallest absolute Gasteiger partial charge is 0.254 e. The number of hydrogen-bond acceptors (Lipinski definition) is 5. The van der Waals surface area contributed by atoms with Gasteiger partial charge in [-0.2, -0.15) is 0 Å². The number of anilines is 1. The molecule has 4 rings (SSSR count). The molecule has 3 fully saturated rings. The minimum Gasteiger partial charge on any atom is -0.381 e. The second-order valence-electron chi connectivity index (χ2n) is 8.89. The third-order valence-electron chi connectivity index (χ3n) is 6.72. The largest absolute Gasteiger partial charge is 0.381 e. The van der Waals surface area contributed by atoms with E-state index in [1.165, 1.54) is 30.2 Å². The van der Waals surface area contributed by atoms with Crippen molar-refractivity contribution in [2.75, 3.05) is 56.0 Å². The van der Waals surface area contributed by atoms with Gasteiger partial charge in [-0.15, -0.1) is 0 Å². The van der Waals surface area contributed by atoms with Gasteiger partial charge in [-0.3, -0.25) is 9.10 Å². The number of carbonyl (C=O) groups excluding carboxylic acids is 1.